The number of anilines is 1. The van der Waals surface area contributed by atoms with Crippen LogP contribution in [0.15, 0.2) is 52.5 Å². The second-order valence-corrected chi connectivity index (χ2v) is 13.8. The number of hydrogen-bond acceptors (Lipinski definition) is 11. The van der Waals surface area contributed by atoms with Gasteiger partial charge in [0.15, 0.2) is 16.8 Å². The molecule has 0 spiro atoms. The lowest BCUT2D eigenvalue weighted by Crippen LogP contribution is -2.43. The molecule has 0 radical (unpaired) electrons. The van der Waals surface area contributed by atoms with Crippen molar-refractivity contribution in [1.29, 1.82) is 0 Å². The monoisotopic (exact) mass is 747 g/mol. The molecule has 3 heterocycles. The van der Waals surface area contributed by atoms with E-state index < -0.39 is 54.7 Å². The highest BCUT2D eigenvalue weighted by Crippen LogP contribution is 2.36. The lowest BCUT2D eigenvalue weighted by atomic mass is 9.84. The summed E-state index contributed by atoms with van der Waals surface area (Å²) >= 11 is 1.52. The number of thiazole rings is 1. The average Bonchev–Trinajstić information content (AvgIpc) is 3.71. The molecule has 0 bridgehead atoms. The molecule has 2 aliphatic heterocycles. The number of carbonyl (C=O) groups excluding carboxylic acids is 4. The number of nitrogens with one attached hydrogen (secondary N) is 2. The minimum absolute atomic E-state index is 0.0685. The molecule has 3 aliphatic rings. The lowest BCUT2D eigenvalue weighted by Gasteiger charge is -2.25. The normalized spacial score (nSPS) is 18.7. The molecule has 15 heteroatoms. The zero-order valence-electron chi connectivity index (χ0n) is 29.9. The number of morpholine rings is 1. The molecule has 4 amide bonds. The van der Waals surface area contributed by atoms with E-state index in [9.17, 15) is 33.1 Å². The van der Waals surface area contributed by atoms with Gasteiger partial charge in [0, 0.05) is 42.5 Å². The fraction of sp³-hybridized carbons (Fsp3) is 0.595. The fourth-order valence-electron chi connectivity index (χ4n) is 6.19. The maximum absolute atomic E-state index is 14.2. The quantitative estimate of drug-likeness (QED) is 0.0667. The van der Waals surface area contributed by atoms with E-state index in [1.165, 1.54) is 17.4 Å². The summed E-state index contributed by atoms with van der Waals surface area (Å²) in [7, 11) is 0. The van der Waals surface area contributed by atoms with Gasteiger partial charge in [-0.2, -0.15) is 0 Å². The standard InChI is InChI=1S/C37H51F2N5O7S/c1-2-31(45)42-32(46)22-44-35(48)28-15-10-13-26(34(28)36(44)49)12-8-6-4-3-5-7-9-17-40-33(47)24-51-23-30(39)29(38)16-11-14-27-25-52-37(41-27)43-18-20-50-21-19-43/h10-11,15-16,25-26,33,40,47H,2-9,12-14,17-24H2,1H3,(H,42,45,46)/b16-11-,30-29-. The van der Waals surface area contributed by atoms with Gasteiger partial charge in [0.05, 0.1) is 25.5 Å². The second kappa shape index (κ2) is 21.8. The average molecular weight is 748 g/mol. The van der Waals surface area contributed by atoms with Gasteiger partial charge >= 0.3 is 0 Å². The van der Waals surface area contributed by atoms with Gasteiger partial charge in [0.2, 0.25) is 11.8 Å². The summed E-state index contributed by atoms with van der Waals surface area (Å²) < 4.78 is 38.8. The molecule has 2 atom stereocenters. The number of aliphatic hydroxyl groups is 1. The van der Waals surface area contributed by atoms with E-state index in [1.807, 2.05) is 11.5 Å². The van der Waals surface area contributed by atoms with Gasteiger partial charge in [-0.25, -0.2) is 13.8 Å². The molecule has 3 N–H and O–H groups in total. The van der Waals surface area contributed by atoms with Crippen LogP contribution in [0, 0.1) is 5.92 Å². The van der Waals surface area contributed by atoms with Gasteiger partial charge in [0.1, 0.15) is 19.4 Å². The first-order chi connectivity index (χ1) is 25.2. The molecule has 4 rings (SSSR count). The molecule has 1 fully saturated rings. The van der Waals surface area contributed by atoms with Crippen molar-refractivity contribution in [2.24, 2.45) is 5.92 Å². The third kappa shape index (κ3) is 12.8. The highest BCUT2D eigenvalue weighted by Gasteiger charge is 2.42. The largest absolute Gasteiger partial charge is 0.378 e. The van der Waals surface area contributed by atoms with Crippen LogP contribution in [-0.4, -0.2) is 97.5 Å². The molecule has 12 nitrogen and oxygen atoms in total. The number of aromatic nitrogens is 1. The molecule has 52 heavy (non-hydrogen) atoms. The van der Waals surface area contributed by atoms with Crippen molar-refractivity contribution in [2.45, 2.75) is 83.8 Å². The van der Waals surface area contributed by atoms with Gasteiger partial charge in [-0.15, -0.1) is 11.3 Å². The zero-order chi connectivity index (χ0) is 37.3. The van der Waals surface area contributed by atoms with Crippen LogP contribution in [-0.2, 0) is 35.1 Å². The Morgan fingerprint density at radius 2 is 1.83 bits per heavy atom. The third-order valence-corrected chi connectivity index (χ3v) is 9.99. The lowest BCUT2D eigenvalue weighted by molar-refractivity contribution is -0.143. The highest BCUT2D eigenvalue weighted by atomic mass is 32.1. The van der Waals surface area contributed by atoms with Crippen molar-refractivity contribution < 1.29 is 42.5 Å². The molecule has 2 unspecified atom stereocenters. The molecule has 1 saturated heterocycles. The van der Waals surface area contributed by atoms with Gasteiger partial charge in [-0.1, -0.05) is 63.7 Å². The summed E-state index contributed by atoms with van der Waals surface area (Å²) in [6.45, 7) is 3.87. The van der Waals surface area contributed by atoms with Crippen LogP contribution in [0.4, 0.5) is 13.9 Å². The van der Waals surface area contributed by atoms with Gasteiger partial charge in [-0.05, 0) is 37.8 Å². The number of unbranched alkanes of at least 4 members (excludes halogenated alkanes) is 6. The van der Waals surface area contributed by atoms with Gasteiger partial charge in [-0.3, -0.25) is 34.7 Å². The van der Waals surface area contributed by atoms with Gasteiger partial charge in [0.25, 0.3) is 11.8 Å². The van der Waals surface area contributed by atoms with Crippen molar-refractivity contribution in [3.05, 3.63) is 58.2 Å². The maximum Gasteiger partial charge on any atom is 0.261 e. The molecule has 0 saturated carbocycles. The summed E-state index contributed by atoms with van der Waals surface area (Å²) in [5.41, 5.74) is 1.61. The maximum atomic E-state index is 14.2. The zero-order valence-corrected chi connectivity index (χ0v) is 30.7. The van der Waals surface area contributed by atoms with Crippen molar-refractivity contribution in [1.82, 2.24) is 20.5 Å². The predicted octanol–water partition coefficient (Wildman–Crippen LogP) is 4.57. The smallest absolute Gasteiger partial charge is 0.261 e. The number of carbonyl (C=O) groups is 4. The summed E-state index contributed by atoms with van der Waals surface area (Å²) in [5.74, 6) is -4.18. The number of aliphatic hydroxyl groups excluding tert-OH is 1. The third-order valence-electron chi connectivity index (χ3n) is 9.04. The summed E-state index contributed by atoms with van der Waals surface area (Å²) in [4.78, 5) is 57.1. The van der Waals surface area contributed by atoms with E-state index in [-0.39, 0.29) is 18.9 Å². The molecule has 0 aromatic carbocycles. The number of ether oxygens (including phenoxy) is 2. The highest BCUT2D eigenvalue weighted by molar-refractivity contribution is 7.13. The summed E-state index contributed by atoms with van der Waals surface area (Å²) in [6.07, 6.45) is 14.0. The van der Waals surface area contributed by atoms with Crippen molar-refractivity contribution >= 4 is 40.1 Å². The fourth-order valence-corrected chi connectivity index (χ4v) is 7.08. The second-order valence-electron chi connectivity index (χ2n) is 13.0. The topological polar surface area (TPSA) is 150 Å². The summed E-state index contributed by atoms with van der Waals surface area (Å²) in [6, 6.07) is 0. The first kappa shape index (κ1) is 41.1. The van der Waals surface area contributed by atoms with Crippen molar-refractivity contribution in [2.75, 3.05) is 57.5 Å². The van der Waals surface area contributed by atoms with E-state index in [1.54, 1.807) is 13.0 Å². The van der Waals surface area contributed by atoms with Crippen LogP contribution in [0.3, 0.4) is 0 Å². The van der Waals surface area contributed by atoms with E-state index >= 15 is 0 Å². The molecule has 1 aromatic heterocycles. The van der Waals surface area contributed by atoms with Crippen LogP contribution < -0.4 is 15.5 Å². The Hall–Kier alpha value is -3.63. The van der Waals surface area contributed by atoms with Crippen LogP contribution >= 0.6 is 11.3 Å². The minimum Gasteiger partial charge on any atom is -0.378 e. The van der Waals surface area contributed by atoms with E-state index in [0.29, 0.717) is 43.7 Å². The molecule has 286 valence electrons. The Balaban J connectivity index is 1.00. The number of imide groups is 2. The molecular formula is C37H51F2N5O7S. The predicted molar refractivity (Wildman–Crippen MR) is 193 cm³/mol. The van der Waals surface area contributed by atoms with E-state index in [2.05, 4.69) is 20.5 Å². The Labute approximate surface area is 308 Å². The van der Waals surface area contributed by atoms with Gasteiger partial charge < -0.3 is 19.5 Å². The number of nitrogens with zero attached hydrogens (tertiary/aromatic N) is 3. The number of hydrogen-bond donors (Lipinski definition) is 3. The SMILES string of the molecule is CCC(=O)NC(=O)CN1C(=O)C2=C(C1=O)C(CCCCCCCCCNC(O)COC/C(F)=C(F)\C=C/Cc1csc(N3CCOCC3)n1)CC=C2. The first-order valence-corrected chi connectivity index (χ1v) is 19.1. The Bertz CT molecular complexity index is 1500. The Kier molecular flexibility index (Phi) is 17.2. The van der Waals surface area contributed by atoms with Crippen LogP contribution in [0.1, 0.15) is 76.8 Å². The molecule has 1 aliphatic carbocycles. The Morgan fingerprint density at radius 1 is 1.10 bits per heavy atom. The number of rotatable bonds is 22. The molecular weight excluding hydrogens is 696 g/mol. The van der Waals surface area contributed by atoms with E-state index in [0.717, 1.165) is 86.3 Å². The Morgan fingerprint density at radius 3 is 2.58 bits per heavy atom. The van der Waals surface area contributed by atoms with Crippen molar-refractivity contribution in [3.8, 4) is 0 Å². The molecule has 1 aromatic rings. The van der Waals surface area contributed by atoms with E-state index in [4.69, 9.17) is 9.47 Å². The number of amides is 4. The van der Waals surface area contributed by atoms with Crippen LogP contribution in [0.25, 0.3) is 0 Å². The number of allylic oxidation sites excluding steroid dienone is 4. The number of halogens is 2. The first-order valence-electron chi connectivity index (χ1n) is 18.2. The minimum atomic E-state index is -1.04. The van der Waals surface area contributed by atoms with Crippen LogP contribution in [0.5, 0.6) is 0 Å². The van der Waals surface area contributed by atoms with Crippen molar-refractivity contribution in [3.63, 3.8) is 0 Å². The summed E-state index contributed by atoms with van der Waals surface area (Å²) in [5, 5.41) is 18.0. The van der Waals surface area contributed by atoms with Crippen LogP contribution in [0.2, 0.25) is 0 Å².